The maximum absolute atomic E-state index is 12.2. The average molecular weight is 379 g/mol. The van der Waals surface area contributed by atoms with Crippen LogP contribution in [0.15, 0.2) is 52.5 Å². The Morgan fingerprint density at radius 2 is 2.00 bits per heavy atom. The van der Waals surface area contributed by atoms with Gasteiger partial charge in [0, 0.05) is 12.1 Å². The molecule has 2 aromatic carbocycles. The predicted molar refractivity (Wildman–Crippen MR) is 95.2 cm³/mol. The van der Waals surface area contributed by atoms with Gasteiger partial charge in [0.05, 0.1) is 29.8 Å². The highest BCUT2D eigenvalue weighted by molar-refractivity contribution is 7.89. The van der Waals surface area contributed by atoms with E-state index in [1.165, 1.54) is 31.5 Å². The highest BCUT2D eigenvalue weighted by Crippen LogP contribution is 2.27. The Hall–Kier alpha value is -3.14. The lowest BCUT2D eigenvalue weighted by atomic mass is 10.2. The van der Waals surface area contributed by atoms with E-state index in [1.54, 1.807) is 18.2 Å². The van der Waals surface area contributed by atoms with E-state index in [2.05, 4.69) is 5.10 Å². The zero-order valence-electron chi connectivity index (χ0n) is 14.1. The van der Waals surface area contributed by atoms with Crippen LogP contribution in [0.3, 0.4) is 0 Å². The van der Waals surface area contributed by atoms with Crippen molar-refractivity contribution in [1.29, 1.82) is 0 Å². The molecule has 0 spiro atoms. The summed E-state index contributed by atoms with van der Waals surface area (Å²) in [4.78, 5) is 11.8. The molecule has 0 radical (unpaired) electrons. The van der Waals surface area contributed by atoms with Crippen LogP contribution in [0, 0.1) is 10.1 Å². The minimum atomic E-state index is -4.03. The molecule has 9 nitrogen and oxygen atoms in total. The van der Waals surface area contributed by atoms with E-state index in [1.807, 2.05) is 11.8 Å². The summed E-state index contributed by atoms with van der Waals surface area (Å²) < 4.78 is 34.9. The van der Waals surface area contributed by atoms with E-state index in [9.17, 15) is 18.5 Å². The monoisotopic (exact) mass is 379 g/mol. The van der Waals surface area contributed by atoms with Crippen molar-refractivity contribution >= 4 is 21.9 Å². The number of nitrogens with one attached hydrogen (secondary N) is 1. The smallest absolute Gasteiger partial charge is 0.276 e. The van der Waals surface area contributed by atoms with Crippen LogP contribution in [0.4, 0.5) is 5.69 Å². The number of hydrazone groups is 1. The number of nitro groups is 1. The summed E-state index contributed by atoms with van der Waals surface area (Å²) in [6.07, 6.45) is 1.28. The second-order valence-electron chi connectivity index (χ2n) is 4.95. The third-order valence-corrected chi connectivity index (χ3v) is 4.43. The van der Waals surface area contributed by atoms with E-state index in [-0.39, 0.29) is 10.6 Å². The molecule has 1 N–H and O–H groups in total. The molecule has 0 saturated carbocycles. The first-order valence-corrected chi connectivity index (χ1v) is 8.96. The molecule has 0 fully saturated rings. The summed E-state index contributed by atoms with van der Waals surface area (Å²) in [6.45, 7) is 2.32. The normalized spacial score (nSPS) is 11.3. The van der Waals surface area contributed by atoms with Crippen molar-refractivity contribution in [1.82, 2.24) is 4.83 Å². The van der Waals surface area contributed by atoms with Gasteiger partial charge in [0.2, 0.25) is 0 Å². The number of benzene rings is 2. The highest BCUT2D eigenvalue weighted by Gasteiger charge is 2.16. The van der Waals surface area contributed by atoms with Crippen LogP contribution in [0.25, 0.3) is 0 Å². The van der Waals surface area contributed by atoms with Crippen LogP contribution in [-0.4, -0.2) is 33.3 Å². The Kier molecular flexibility index (Phi) is 6.12. The van der Waals surface area contributed by atoms with Crippen molar-refractivity contribution in [2.24, 2.45) is 5.10 Å². The first-order valence-electron chi connectivity index (χ1n) is 7.47. The van der Waals surface area contributed by atoms with Crippen molar-refractivity contribution in [3.63, 3.8) is 0 Å². The van der Waals surface area contributed by atoms with E-state index in [0.717, 1.165) is 6.07 Å². The maximum atomic E-state index is 12.2. The van der Waals surface area contributed by atoms with Crippen LogP contribution in [0.5, 0.6) is 11.5 Å². The fraction of sp³-hybridized carbons (Fsp3) is 0.188. The highest BCUT2D eigenvalue weighted by atomic mass is 32.2. The van der Waals surface area contributed by atoms with Gasteiger partial charge >= 0.3 is 0 Å². The minimum absolute atomic E-state index is 0.256. The molecule has 26 heavy (non-hydrogen) atoms. The predicted octanol–water partition coefficient (Wildman–Crippen LogP) is 2.31. The van der Waals surface area contributed by atoms with Crippen LogP contribution >= 0.6 is 0 Å². The van der Waals surface area contributed by atoms with E-state index < -0.39 is 14.9 Å². The second-order valence-corrected chi connectivity index (χ2v) is 6.61. The zero-order chi connectivity index (χ0) is 19.2. The zero-order valence-corrected chi connectivity index (χ0v) is 14.9. The first kappa shape index (κ1) is 19.2. The van der Waals surface area contributed by atoms with Crippen molar-refractivity contribution in [2.75, 3.05) is 13.7 Å². The van der Waals surface area contributed by atoms with Crippen molar-refractivity contribution in [2.45, 2.75) is 11.8 Å². The van der Waals surface area contributed by atoms with Crippen LogP contribution < -0.4 is 14.3 Å². The number of sulfonamides is 1. The number of rotatable bonds is 8. The lowest BCUT2D eigenvalue weighted by Crippen LogP contribution is -2.18. The molecule has 0 aromatic heterocycles. The molecular weight excluding hydrogens is 362 g/mol. The van der Waals surface area contributed by atoms with Gasteiger partial charge in [-0.05, 0) is 36.8 Å². The molecule has 0 heterocycles. The topological polar surface area (TPSA) is 120 Å². The molecule has 2 rings (SSSR count). The quantitative estimate of drug-likeness (QED) is 0.427. The van der Waals surface area contributed by atoms with Gasteiger partial charge in [-0.15, -0.1) is 0 Å². The molecule has 0 atom stereocenters. The van der Waals surface area contributed by atoms with Gasteiger partial charge in [-0.3, -0.25) is 10.1 Å². The summed E-state index contributed by atoms with van der Waals surface area (Å²) in [7, 11) is -2.54. The lowest BCUT2D eigenvalue weighted by molar-refractivity contribution is -0.385. The van der Waals surface area contributed by atoms with Gasteiger partial charge in [-0.25, -0.2) is 4.83 Å². The number of nitrogens with zero attached hydrogens (tertiary/aromatic N) is 2. The summed E-state index contributed by atoms with van der Waals surface area (Å²) in [5, 5.41) is 14.4. The first-order chi connectivity index (χ1) is 12.4. The number of nitro benzene ring substituents is 1. The van der Waals surface area contributed by atoms with Crippen molar-refractivity contribution in [3.05, 3.63) is 58.1 Å². The van der Waals surface area contributed by atoms with E-state index >= 15 is 0 Å². The summed E-state index contributed by atoms with van der Waals surface area (Å²) in [6, 6.07) is 9.68. The molecule has 0 bridgehead atoms. The van der Waals surface area contributed by atoms with Crippen LogP contribution in [0.1, 0.15) is 12.5 Å². The van der Waals surface area contributed by atoms with E-state index in [0.29, 0.717) is 23.7 Å². The van der Waals surface area contributed by atoms with Crippen molar-refractivity contribution < 1.29 is 22.8 Å². The molecule has 0 aliphatic carbocycles. The third-order valence-electron chi connectivity index (χ3n) is 3.21. The van der Waals surface area contributed by atoms with Crippen LogP contribution in [-0.2, 0) is 10.0 Å². The Balaban J connectivity index is 2.16. The number of hydrogen-bond acceptors (Lipinski definition) is 7. The number of methoxy groups -OCH3 is 1. The van der Waals surface area contributed by atoms with Gasteiger partial charge in [-0.2, -0.15) is 13.5 Å². The van der Waals surface area contributed by atoms with E-state index in [4.69, 9.17) is 9.47 Å². The Bertz CT molecular complexity index is 927. The fourth-order valence-corrected chi connectivity index (χ4v) is 2.86. The fourth-order valence-electron chi connectivity index (χ4n) is 2.03. The molecule has 2 aromatic rings. The Labute approximate surface area is 150 Å². The third kappa shape index (κ3) is 4.70. The molecule has 0 aliphatic heterocycles. The van der Waals surface area contributed by atoms with Gasteiger partial charge in [0.25, 0.3) is 15.7 Å². The van der Waals surface area contributed by atoms with Crippen molar-refractivity contribution in [3.8, 4) is 11.5 Å². The summed E-state index contributed by atoms with van der Waals surface area (Å²) in [5.74, 6) is 1.04. The minimum Gasteiger partial charge on any atom is -0.493 e. The summed E-state index contributed by atoms with van der Waals surface area (Å²) >= 11 is 0. The molecule has 0 unspecified atom stereocenters. The summed E-state index contributed by atoms with van der Waals surface area (Å²) in [5.41, 5.74) is 0.250. The Morgan fingerprint density at radius 1 is 1.23 bits per heavy atom. The van der Waals surface area contributed by atoms with Gasteiger partial charge in [0.15, 0.2) is 11.5 Å². The average Bonchev–Trinajstić information content (AvgIpc) is 2.63. The van der Waals surface area contributed by atoms with Gasteiger partial charge in [-0.1, -0.05) is 6.07 Å². The number of hydrogen-bond donors (Lipinski definition) is 1. The second kappa shape index (κ2) is 8.30. The molecular formula is C16H17N3O6S. The Morgan fingerprint density at radius 3 is 2.65 bits per heavy atom. The van der Waals surface area contributed by atoms with Gasteiger partial charge < -0.3 is 9.47 Å². The van der Waals surface area contributed by atoms with Crippen LogP contribution in [0.2, 0.25) is 0 Å². The SMILES string of the molecule is CCOc1ccc(/C=N/NS(=O)(=O)c2cccc([N+](=O)[O-])c2)cc1OC. The largest absolute Gasteiger partial charge is 0.493 e. The molecule has 10 heteroatoms. The number of ether oxygens (including phenoxy) is 2. The molecule has 138 valence electrons. The standard InChI is InChI=1S/C16H17N3O6S/c1-3-25-15-8-7-12(9-16(15)24-2)11-17-18-26(22,23)14-6-4-5-13(10-14)19(20)21/h4-11,18H,3H2,1-2H3/b17-11+. The van der Waals surface area contributed by atoms with Gasteiger partial charge in [0.1, 0.15) is 0 Å². The molecule has 0 saturated heterocycles. The molecule has 0 amide bonds. The molecule has 0 aliphatic rings. The lowest BCUT2D eigenvalue weighted by Gasteiger charge is -2.09. The number of non-ortho nitro benzene ring substituents is 1. The maximum Gasteiger partial charge on any atom is 0.276 e.